The zero-order chi connectivity index (χ0) is 21.5. The SMILES string of the molecule is CCCC[N+](CCCC)(CCCC)CCCC.O=S(=O)(O)c1ccc(Cl)cc1. The van der Waals surface area contributed by atoms with E-state index in [9.17, 15) is 8.42 Å². The van der Waals surface area contributed by atoms with E-state index in [0.29, 0.717) is 5.02 Å². The van der Waals surface area contributed by atoms with E-state index in [1.165, 1.54) is 106 Å². The summed E-state index contributed by atoms with van der Waals surface area (Å²) in [4.78, 5) is -0.151. The fraction of sp³-hybridized carbons (Fsp3) is 0.727. The van der Waals surface area contributed by atoms with Crippen LogP contribution in [0.3, 0.4) is 0 Å². The number of quaternary nitrogens is 1. The van der Waals surface area contributed by atoms with E-state index >= 15 is 0 Å². The second-order valence-electron chi connectivity index (χ2n) is 7.58. The van der Waals surface area contributed by atoms with Gasteiger partial charge in [0.2, 0.25) is 0 Å². The minimum Gasteiger partial charge on any atom is -0.324 e. The van der Waals surface area contributed by atoms with Gasteiger partial charge in [-0.3, -0.25) is 4.55 Å². The monoisotopic (exact) mass is 434 g/mol. The molecule has 4 nitrogen and oxygen atoms in total. The van der Waals surface area contributed by atoms with E-state index in [4.69, 9.17) is 16.2 Å². The molecule has 1 N–H and O–H groups in total. The molecule has 0 radical (unpaired) electrons. The van der Waals surface area contributed by atoms with Crippen LogP contribution in [0.4, 0.5) is 0 Å². The molecule has 0 aliphatic carbocycles. The topological polar surface area (TPSA) is 54.4 Å². The highest BCUT2D eigenvalue weighted by Gasteiger charge is 2.24. The van der Waals surface area contributed by atoms with Crippen molar-refractivity contribution in [2.75, 3.05) is 26.2 Å². The van der Waals surface area contributed by atoms with Crippen LogP contribution < -0.4 is 0 Å². The second-order valence-corrected chi connectivity index (χ2v) is 9.44. The van der Waals surface area contributed by atoms with Gasteiger partial charge in [-0.05, 0) is 49.9 Å². The zero-order valence-corrected chi connectivity index (χ0v) is 19.9. The van der Waals surface area contributed by atoms with Crippen LogP contribution in [0.2, 0.25) is 5.02 Å². The van der Waals surface area contributed by atoms with E-state index in [-0.39, 0.29) is 4.90 Å². The molecule has 1 aromatic carbocycles. The molecule has 1 rings (SSSR count). The van der Waals surface area contributed by atoms with Crippen LogP contribution in [0.5, 0.6) is 0 Å². The van der Waals surface area contributed by atoms with Crippen molar-refractivity contribution in [2.45, 2.75) is 84.0 Å². The Bertz CT molecular complexity index is 565. The second kappa shape index (κ2) is 15.3. The summed E-state index contributed by atoms with van der Waals surface area (Å²) in [6.07, 6.45) is 11.1. The van der Waals surface area contributed by atoms with Gasteiger partial charge in [-0.15, -0.1) is 0 Å². The van der Waals surface area contributed by atoms with Gasteiger partial charge in [-0.25, -0.2) is 0 Å². The van der Waals surface area contributed by atoms with Gasteiger partial charge in [0, 0.05) is 5.02 Å². The maximum absolute atomic E-state index is 10.5. The first-order chi connectivity index (χ1) is 13.2. The Hall–Kier alpha value is -0.620. The minimum atomic E-state index is -4.08. The third-order valence-corrected chi connectivity index (χ3v) is 6.18. The molecule has 0 unspecified atom stereocenters. The normalized spacial score (nSPS) is 11.8. The average Bonchev–Trinajstić information content (AvgIpc) is 2.67. The maximum atomic E-state index is 10.5. The summed E-state index contributed by atoms with van der Waals surface area (Å²) >= 11 is 5.49. The fourth-order valence-corrected chi connectivity index (χ4v) is 3.86. The van der Waals surface area contributed by atoms with Crippen molar-refractivity contribution >= 4 is 21.7 Å². The molecule has 0 aliphatic rings. The van der Waals surface area contributed by atoms with Crippen LogP contribution in [-0.2, 0) is 10.1 Å². The van der Waals surface area contributed by atoms with Crippen LogP contribution in [-0.4, -0.2) is 43.6 Å². The number of unbranched alkanes of at least 4 members (excludes halogenated alkanes) is 4. The van der Waals surface area contributed by atoms with Gasteiger partial charge in [-0.2, -0.15) is 8.42 Å². The Morgan fingerprint density at radius 1 is 0.750 bits per heavy atom. The minimum absolute atomic E-state index is 0.151. The predicted octanol–water partition coefficient (Wildman–Crippen LogP) is 6.59. The lowest BCUT2D eigenvalue weighted by atomic mass is 10.1. The van der Waals surface area contributed by atoms with Crippen LogP contribution in [0.1, 0.15) is 79.1 Å². The van der Waals surface area contributed by atoms with Gasteiger partial charge < -0.3 is 4.48 Å². The Morgan fingerprint density at radius 2 is 1.07 bits per heavy atom. The molecular formula is C22H41ClNO3S+. The van der Waals surface area contributed by atoms with Gasteiger partial charge in [0.15, 0.2) is 0 Å². The Labute approximate surface area is 178 Å². The molecule has 0 aromatic heterocycles. The first kappa shape index (κ1) is 27.4. The molecule has 0 spiro atoms. The van der Waals surface area contributed by atoms with Crippen LogP contribution in [0, 0.1) is 0 Å². The molecule has 164 valence electrons. The first-order valence-electron chi connectivity index (χ1n) is 10.8. The number of hydrogen-bond acceptors (Lipinski definition) is 2. The van der Waals surface area contributed by atoms with Gasteiger partial charge in [0.25, 0.3) is 10.1 Å². The molecule has 0 bridgehead atoms. The summed E-state index contributed by atoms with van der Waals surface area (Å²) < 4.78 is 30.8. The van der Waals surface area contributed by atoms with Crippen molar-refractivity contribution in [3.05, 3.63) is 29.3 Å². The number of benzene rings is 1. The van der Waals surface area contributed by atoms with Crippen molar-refractivity contribution in [3.8, 4) is 0 Å². The summed E-state index contributed by atoms with van der Waals surface area (Å²) in [6, 6.07) is 5.25. The fourth-order valence-electron chi connectivity index (χ4n) is 3.25. The molecule has 1 aromatic rings. The average molecular weight is 435 g/mol. The van der Waals surface area contributed by atoms with Crippen LogP contribution in [0.15, 0.2) is 29.2 Å². The third-order valence-electron chi connectivity index (χ3n) is 5.06. The molecule has 0 aliphatic heterocycles. The molecule has 6 heteroatoms. The van der Waals surface area contributed by atoms with Crippen LogP contribution in [0.25, 0.3) is 0 Å². The smallest absolute Gasteiger partial charge is 0.294 e. The summed E-state index contributed by atoms with van der Waals surface area (Å²) in [5.74, 6) is 0. The summed E-state index contributed by atoms with van der Waals surface area (Å²) in [7, 11) is -4.08. The van der Waals surface area contributed by atoms with Crippen molar-refractivity contribution in [1.29, 1.82) is 0 Å². The van der Waals surface area contributed by atoms with Crippen LogP contribution >= 0.6 is 11.6 Å². The summed E-state index contributed by atoms with van der Waals surface area (Å²) in [5, 5.41) is 0.428. The largest absolute Gasteiger partial charge is 0.324 e. The third kappa shape index (κ3) is 12.1. The van der Waals surface area contributed by atoms with E-state index in [1.54, 1.807) is 0 Å². The number of halogens is 1. The molecule has 0 amide bonds. The number of rotatable bonds is 13. The molecule has 0 saturated heterocycles. The highest BCUT2D eigenvalue weighted by Crippen LogP contribution is 2.16. The number of hydrogen-bond donors (Lipinski definition) is 1. The van der Waals surface area contributed by atoms with Gasteiger partial charge >= 0.3 is 0 Å². The highest BCUT2D eigenvalue weighted by atomic mass is 35.5. The molecule has 0 heterocycles. The molecular weight excluding hydrogens is 394 g/mol. The zero-order valence-electron chi connectivity index (χ0n) is 18.3. The molecule has 28 heavy (non-hydrogen) atoms. The number of nitrogens with zero attached hydrogens (tertiary/aromatic N) is 1. The lowest BCUT2D eigenvalue weighted by Crippen LogP contribution is -2.50. The quantitative estimate of drug-likeness (QED) is 0.281. The van der Waals surface area contributed by atoms with Crippen molar-refractivity contribution in [1.82, 2.24) is 0 Å². The van der Waals surface area contributed by atoms with Crippen molar-refractivity contribution < 1.29 is 17.5 Å². The molecule has 0 saturated carbocycles. The Balaban J connectivity index is 0.000000567. The van der Waals surface area contributed by atoms with Crippen molar-refractivity contribution in [3.63, 3.8) is 0 Å². The van der Waals surface area contributed by atoms with E-state index in [1.807, 2.05) is 0 Å². The lowest BCUT2D eigenvalue weighted by Gasteiger charge is -2.39. The van der Waals surface area contributed by atoms with Gasteiger partial charge in [0.1, 0.15) is 0 Å². The molecule has 0 fully saturated rings. The predicted molar refractivity (Wildman–Crippen MR) is 121 cm³/mol. The van der Waals surface area contributed by atoms with E-state index in [0.717, 1.165) is 0 Å². The summed E-state index contributed by atoms with van der Waals surface area (Å²) in [6.45, 7) is 15.0. The Morgan fingerprint density at radius 3 is 1.32 bits per heavy atom. The lowest BCUT2D eigenvalue weighted by molar-refractivity contribution is -0.929. The molecule has 0 atom stereocenters. The maximum Gasteiger partial charge on any atom is 0.294 e. The highest BCUT2D eigenvalue weighted by molar-refractivity contribution is 7.85. The summed E-state index contributed by atoms with van der Waals surface area (Å²) in [5.41, 5.74) is 0. The van der Waals surface area contributed by atoms with Gasteiger partial charge in [-0.1, -0.05) is 65.0 Å². The van der Waals surface area contributed by atoms with E-state index < -0.39 is 10.1 Å². The van der Waals surface area contributed by atoms with Crippen molar-refractivity contribution in [2.24, 2.45) is 0 Å². The van der Waals surface area contributed by atoms with E-state index in [2.05, 4.69) is 27.7 Å². The first-order valence-corrected chi connectivity index (χ1v) is 12.6. The Kier molecular flexibility index (Phi) is 14.9. The standard InChI is InChI=1S/C16H36N.C6H5ClO3S/c1-5-9-13-17(14-10-6-2,15-11-7-3)16-12-8-4;7-5-1-3-6(4-2-5)11(8,9)10/h5-16H2,1-4H3;1-4H,(H,8,9,10)/q+1;. The van der Waals surface area contributed by atoms with Gasteiger partial charge in [0.05, 0.1) is 31.1 Å².